The van der Waals surface area contributed by atoms with Crippen LogP contribution in [0.25, 0.3) is 11.3 Å². The van der Waals surface area contributed by atoms with Gasteiger partial charge in [0.05, 0.1) is 22.5 Å². The summed E-state index contributed by atoms with van der Waals surface area (Å²) in [7, 11) is 1.80. The summed E-state index contributed by atoms with van der Waals surface area (Å²) in [5, 5.41) is 7.59. The van der Waals surface area contributed by atoms with Crippen molar-refractivity contribution >= 4 is 23.2 Å². The van der Waals surface area contributed by atoms with E-state index in [-0.39, 0.29) is 11.9 Å². The molecule has 3 rings (SSSR count). The molecule has 3 N–H and O–H groups in total. The predicted octanol–water partition coefficient (Wildman–Crippen LogP) is 4.14. The summed E-state index contributed by atoms with van der Waals surface area (Å²) < 4.78 is 7.70. The number of hydrogen-bond acceptors (Lipinski definition) is 5. The van der Waals surface area contributed by atoms with E-state index < -0.39 is 0 Å². The third kappa shape index (κ3) is 5.37. The maximum Gasteiger partial charge on any atom is 0.257 e. The Labute approximate surface area is 181 Å². The first-order valence-corrected chi connectivity index (χ1v) is 10.1. The van der Waals surface area contributed by atoms with Crippen LogP contribution in [-0.4, -0.2) is 33.3 Å². The van der Waals surface area contributed by atoms with Crippen LogP contribution in [0.15, 0.2) is 48.9 Å². The van der Waals surface area contributed by atoms with Crippen molar-refractivity contribution in [3.05, 3.63) is 59.5 Å². The van der Waals surface area contributed by atoms with Crippen molar-refractivity contribution in [2.75, 3.05) is 11.9 Å². The molecule has 3 aromatic rings. The Morgan fingerprint density at radius 1 is 1.30 bits per heavy atom. The highest BCUT2D eigenvalue weighted by atomic mass is 35.5. The summed E-state index contributed by atoms with van der Waals surface area (Å²) in [5.41, 5.74) is 8.67. The molecule has 8 heteroatoms. The number of nitrogens with two attached hydrogens (primary N) is 1. The van der Waals surface area contributed by atoms with Gasteiger partial charge in [0.1, 0.15) is 12.4 Å². The Kier molecular flexibility index (Phi) is 7.07. The number of benzene rings is 1. The van der Waals surface area contributed by atoms with Gasteiger partial charge in [-0.2, -0.15) is 5.10 Å². The quantitative estimate of drug-likeness (QED) is 0.563. The number of aromatic nitrogens is 3. The van der Waals surface area contributed by atoms with Crippen LogP contribution in [0.1, 0.15) is 30.6 Å². The maximum atomic E-state index is 12.5. The number of halogens is 1. The van der Waals surface area contributed by atoms with Gasteiger partial charge in [0, 0.05) is 36.7 Å². The zero-order valence-electron chi connectivity index (χ0n) is 17.3. The molecule has 30 heavy (non-hydrogen) atoms. The van der Waals surface area contributed by atoms with Gasteiger partial charge in [-0.3, -0.25) is 14.5 Å². The molecule has 0 aliphatic rings. The van der Waals surface area contributed by atoms with E-state index in [2.05, 4.69) is 29.2 Å². The lowest BCUT2D eigenvalue weighted by Crippen LogP contribution is -2.29. The number of carbonyl (C=O) groups is 1. The monoisotopic (exact) mass is 427 g/mol. The fourth-order valence-corrected chi connectivity index (χ4v) is 3.47. The first-order valence-electron chi connectivity index (χ1n) is 9.76. The van der Waals surface area contributed by atoms with Gasteiger partial charge in [0.15, 0.2) is 0 Å². The molecule has 158 valence electrons. The molecule has 0 saturated carbocycles. The number of pyridine rings is 1. The van der Waals surface area contributed by atoms with Gasteiger partial charge in [-0.25, -0.2) is 0 Å². The lowest BCUT2D eigenvalue weighted by atomic mass is 10.1. The normalized spacial score (nSPS) is 12.1. The summed E-state index contributed by atoms with van der Waals surface area (Å²) in [6, 6.07) is 8.75. The summed E-state index contributed by atoms with van der Waals surface area (Å²) in [5.74, 6) is 0.858. The van der Waals surface area contributed by atoms with Crippen LogP contribution >= 0.6 is 11.6 Å². The van der Waals surface area contributed by atoms with Gasteiger partial charge in [0.2, 0.25) is 0 Å². The number of rotatable bonds is 8. The molecule has 0 bridgehead atoms. The fraction of sp³-hybridized carbons (Fsp3) is 0.318. The highest BCUT2D eigenvalue weighted by Crippen LogP contribution is 2.36. The number of carbonyl (C=O) groups excluding carboxylic acids is 1. The minimum atomic E-state index is -0.252. The van der Waals surface area contributed by atoms with Crippen molar-refractivity contribution in [1.29, 1.82) is 0 Å². The molecule has 0 spiro atoms. The van der Waals surface area contributed by atoms with Crippen molar-refractivity contribution in [3.63, 3.8) is 0 Å². The topological polar surface area (TPSA) is 95.1 Å². The lowest BCUT2D eigenvalue weighted by molar-refractivity contribution is 0.102. The Hall–Kier alpha value is -2.90. The van der Waals surface area contributed by atoms with Crippen LogP contribution < -0.4 is 15.8 Å². The molecule has 0 aliphatic heterocycles. The number of hydrogen-bond donors (Lipinski definition) is 2. The molecule has 7 nitrogen and oxygen atoms in total. The van der Waals surface area contributed by atoms with Crippen molar-refractivity contribution in [2.45, 2.75) is 26.3 Å². The zero-order chi connectivity index (χ0) is 21.7. The van der Waals surface area contributed by atoms with Crippen LogP contribution in [0, 0.1) is 5.92 Å². The highest BCUT2D eigenvalue weighted by molar-refractivity contribution is 6.33. The van der Waals surface area contributed by atoms with E-state index in [1.807, 2.05) is 6.07 Å². The Balaban J connectivity index is 1.89. The average Bonchev–Trinajstić information content (AvgIpc) is 3.05. The van der Waals surface area contributed by atoms with Crippen LogP contribution in [0.2, 0.25) is 5.02 Å². The maximum absolute atomic E-state index is 12.5. The molecule has 2 aromatic heterocycles. The number of aryl methyl sites for hydroxylation is 1. The van der Waals surface area contributed by atoms with Gasteiger partial charge in [0.25, 0.3) is 5.91 Å². The molecule has 1 amide bonds. The van der Waals surface area contributed by atoms with Crippen LogP contribution in [0.3, 0.4) is 0 Å². The minimum Gasteiger partial charge on any atom is -0.491 e. The van der Waals surface area contributed by atoms with E-state index in [1.165, 1.54) is 6.20 Å². The molecule has 1 aromatic carbocycles. The number of nitrogens with zero attached hydrogens (tertiary/aromatic N) is 3. The molecule has 0 saturated heterocycles. The third-order valence-corrected chi connectivity index (χ3v) is 4.81. The summed E-state index contributed by atoms with van der Waals surface area (Å²) in [6.45, 7) is 4.63. The SMILES string of the molecule is CC(C)C[C@H](N)COc1ccc(NC(=O)c2cccnc2)cc1-c1c(Cl)cnn1C. The first-order chi connectivity index (χ1) is 14.3. The van der Waals surface area contributed by atoms with Gasteiger partial charge in [-0.1, -0.05) is 25.4 Å². The van der Waals surface area contributed by atoms with Crippen molar-refractivity contribution in [3.8, 4) is 17.0 Å². The smallest absolute Gasteiger partial charge is 0.257 e. The molecule has 0 unspecified atom stereocenters. The minimum absolute atomic E-state index is 0.0789. The average molecular weight is 428 g/mol. The van der Waals surface area contributed by atoms with Gasteiger partial charge < -0.3 is 15.8 Å². The molecule has 0 fully saturated rings. The number of ether oxygens (including phenoxy) is 1. The molecule has 1 atom stereocenters. The second-order valence-electron chi connectivity index (χ2n) is 7.57. The standard InChI is InChI=1S/C22H26ClN5O2/c1-14(2)9-16(24)13-30-20-7-6-17(27-22(29)15-5-4-8-25-11-15)10-18(20)21-19(23)12-26-28(21)3/h4-8,10-12,14,16H,9,13,24H2,1-3H3,(H,27,29)/t16-/m0/s1. The summed E-state index contributed by atoms with van der Waals surface area (Å²) in [6.07, 6.45) is 5.57. The Morgan fingerprint density at radius 3 is 2.73 bits per heavy atom. The number of nitrogens with one attached hydrogen (secondary N) is 1. The van der Waals surface area contributed by atoms with Crippen LogP contribution in [0.5, 0.6) is 5.75 Å². The second-order valence-corrected chi connectivity index (χ2v) is 7.98. The summed E-state index contributed by atoms with van der Waals surface area (Å²) in [4.78, 5) is 16.5. The van der Waals surface area contributed by atoms with E-state index in [4.69, 9.17) is 22.1 Å². The molecule has 0 aliphatic carbocycles. The largest absolute Gasteiger partial charge is 0.491 e. The highest BCUT2D eigenvalue weighted by Gasteiger charge is 2.17. The van der Waals surface area contributed by atoms with Gasteiger partial charge in [-0.15, -0.1) is 0 Å². The third-order valence-electron chi connectivity index (χ3n) is 4.54. The lowest BCUT2D eigenvalue weighted by Gasteiger charge is -2.18. The predicted molar refractivity (Wildman–Crippen MR) is 119 cm³/mol. The van der Waals surface area contributed by atoms with Crippen molar-refractivity contribution in [2.24, 2.45) is 18.7 Å². The number of anilines is 1. The molecule has 0 radical (unpaired) electrons. The van der Waals surface area contributed by atoms with E-state index in [9.17, 15) is 4.79 Å². The first kappa shape index (κ1) is 21.8. The van der Waals surface area contributed by atoms with Crippen LogP contribution in [0.4, 0.5) is 5.69 Å². The Bertz CT molecular complexity index is 985. The van der Waals surface area contributed by atoms with Gasteiger partial charge >= 0.3 is 0 Å². The zero-order valence-corrected chi connectivity index (χ0v) is 18.1. The fourth-order valence-electron chi connectivity index (χ4n) is 3.20. The van der Waals surface area contributed by atoms with E-state index in [0.717, 1.165) is 12.0 Å². The Morgan fingerprint density at radius 2 is 2.10 bits per heavy atom. The van der Waals surface area contributed by atoms with E-state index >= 15 is 0 Å². The molecular formula is C22H26ClN5O2. The van der Waals surface area contributed by atoms with E-state index in [1.54, 1.807) is 48.4 Å². The second kappa shape index (κ2) is 9.73. The van der Waals surface area contributed by atoms with Crippen molar-refractivity contribution in [1.82, 2.24) is 14.8 Å². The molecule has 2 heterocycles. The van der Waals surface area contributed by atoms with Gasteiger partial charge in [-0.05, 0) is 42.7 Å². The van der Waals surface area contributed by atoms with Crippen molar-refractivity contribution < 1.29 is 9.53 Å². The summed E-state index contributed by atoms with van der Waals surface area (Å²) >= 11 is 6.38. The van der Waals surface area contributed by atoms with Crippen LogP contribution in [-0.2, 0) is 7.05 Å². The molecular weight excluding hydrogens is 402 g/mol. The van der Waals surface area contributed by atoms with E-state index in [0.29, 0.717) is 40.2 Å². The number of amides is 1.